The number of aromatic amines is 1. The molecule has 0 unspecified atom stereocenters. The predicted molar refractivity (Wildman–Crippen MR) is 134 cm³/mol. The van der Waals surface area contributed by atoms with Gasteiger partial charge in [-0.15, -0.1) is 15.3 Å². The average molecular weight is 522 g/mol. The van der Waals surface area contributed by atoms with Gasteiger partial charge in [0.25, 0.3) is 5.79 Å². The molecular formula is C26H25ClFN7O2. The van der Waals surface area contributed by atoms with Gasteiger partial charge in [-0.3, -0.25) is 4.90 Å². The third-order valence-electron chi connectivity index (χ3n) is 7.09. The van der Waals surface area contributed by atoms with E-state index in [1.807, 2.05) is 25.1 Å². The second-order valence-electron chi connectivity index (χ2n) is 9.59. The lowest BCUT2D eigenvalue weighted by molar-refractivity contribution is -0.0712. The van der Waals surface area contributed by atoms with Crippen LogP contribution in [0, 0.1) is 12.7 Å². The van der Waals surface area contributed by atoms with Crippen molar-refractivity contribution in [1.29, 1.82) is 0 Å². The van der Waals surface area contributed by atoms with Crippen molar-refractivity contribution in [3.63, 3.8) is 0 Å². The summed E-state index contributed by atoms with van der Waals surface area (Å²) in [5.41, 5.74) is 3.98. The molecule has 37 heavy (non-hydrogen) atoms. The van der Waals surface area contributed by atoms with Crippen LogP contribution in [-0.4, -0.2) is 48.8 Å². The van der Waals surface area contributed by atoms with Gasteiger partial charge in [0.15, 0.2) is 11.5 Å². The van der Waals surface area contributed by atoms with Crippen LogP contribution in [0.4, 0.5) is 4.39 Å². The molecule has 0 radical (unpaired) electrons. The number of rotatable bonds is 5. The number of nitrogens with zero attached hydrogens (tertiary/aromatic N) is 6. The molecule has 0 saturated carbocycles. The maximum absolute atomic E-state index is 14.7. The van der Waals surface area contributed by atoms with Crippen molar-refractivity contribution in [2.24, 2.45) is 0 Å². The minimum absolute atomic E-state index is 0.306. The molecule has 2 aliphatic heterocycles. The van der Waals surface area contributed by atoms with Crippen LogP contribution in [0.5, 0.6) is 11.5 Å². The Morgan fingerprint density at radius 3 is 2.68 bits per heavy atom. The number of tetrazole rings is 1. The van der Waals surface area contributed by atoms with Crippen LogP contribution in [0.2, 0.25) is 5.02 Å². The minimum Gasteiger partial charge on any atom is -0.444 e. The summed E-state index contributed by atoms with van der Waals surface area (Å²) in [4.78, 5) is 2.38. The van der Waals surface area contributed by atoms with E-state index in [1.165, 1.54) is 6.07 Å². The fraction of sp³-hybridized carbons (Fsp3) is 0.346. The summed E-state index contributed by atoms with van der Waals surface area (Å²) in [7, 11) is 0. The van der Waals surface area contributed by atoms with Gasteiger partial charge in [-0.2, -0.15) is 10.3 Å². The summed E-state index contributed by atoms with van der Waals surface area (Å²) in [6.45, 7) is 6.29. The second kappa shape index (κ2) is 9.35. The van der Waals surface area contributed by atoms with Crippen LogP contribution in [0.1, 0.15) is 48.1 Å². The lowest BCUT2D eigenvalue weighted by Crippen LogP contribution is -2.34. The normalized spacial score (nSPS) is 19.9. The van der Waals surface area contributed by atoms with Gasteiger partial charge in [0, 0.05) is 24.1 Å². The first-order valence-corrected chi connectivity index (χ1v) is 12.5. The summed E-state index contributed by atoms with van der Waals surface area (Å²) >= 11 is 5.94. The maximum atomic E-state index is 14.7. The first kappa shape index (κ1) is 23.7. The van der Waals surface area contributed by atoms with Gasteiger partial charge in [-0.1, -0.05) is 23.7 Å². The Kier molecular flexibility index (Phi) is 6.00. The molecule has 4 heterocycles. The van der Waals surface area contributed by atoms with E-state index in [0.29, 0.717) is 39.5 Å². The number of H-pyrrole nitrogens is 1. The van der Waals surface area contributed by atoms with Gasteiger partial charge in [0.05, 0.1) is 11.3 Å². The van der Waals surface area contributed by atoms with Crippen molar-refractivity contribution in [2.75, 3.05) is 13.1 Å². The highest BCUT2D eigenvalue weighted by molar-refractivity contribution is 6.30. The van der Waals surface area contributed by atoms with Crippen LogP contribution < -0.4 is 9.47 Å². The summed E-state index contributed by atoms with van der Waals surface area (Å²) in [6, 6.07) is 12.4. The predicted octanol–water partition coefficient (Wildman–Crippen LogP) is 4.78. The highest BCUT2D eigenvalue weighted by Gasteiger charge is 2.42. The topological polar surface area (TPSA) is 102 Å². The first-order valence-electron chi connectivity index (χ1n) is 12.2. The Labute approximate surface area is 218 Å². The van der Waals surface area contributed by atoms with Gasteiger partial charge in [0.2, 0.25) is 5.82 Å². The number of nitrogens with one attached hydrogen (secondary N) is 1. The van der Waals surface area contributed by atoms with E-state index in [0.717, 1.165) is 49.3 Å². The van der Waals surface area contributed by atoms with Gasteiger partial charge < -0.3 is 9.47 Å². The number of likely N-dealkylation sites (tertiary alicyclic amines) is 1. The van der Waals surface area contributed by atoms with Crippen LogP contribution in [0.15, 0.2) is 42.5 Å². The molecule has 4 aromatic rings. The molecule has 1 saturated heterocycles. The fourth-order valence-electron chi connectivity index (χ4n) is 5.10. The number of halogens is 2. The van der Waals surface area contributed by atoms with E-state index < -0.39 is 11.6 Å². The molecule has 0 bridgehead atoms. The molecule has 0 amide bonds. The molecule has 6 rings (SSSR count). The Bertz CT molecular complexity index is 1440. The number of aromatic nitrogens is 6. The van der Waals surface area contributed by atoms with Gasteiger partial charge >= 0.3 is 0 Å². The largest absolute Gasteiger partial charge is 0.444 e. The lowest BCUT2D eigenvalue weighted by atomic mass is 9.88. The molecular weight excluding hydrogens is 497 g/mol. The lowest BCUT2D eigenvalue weighted by Gasteiger charge is -2.32. The Hall–Kier alpha value is -3.63. The van der Waals surface area contributed by atoms with E-state index in [-0.39, 0.29) is 0 Å². The van der Waals surface area contributed by atoms with Crippen LogP contribution in [0.25, 0.3) is 11.5 Å². The van der Waals surface area contributed by atoms with Crippen LogP contribution in [-0.2, 0) is 12.3 Å². The second-order valence-corrected chi connectivity index (χ2v) is 10.0. The first-order chi connectivity index (χ1) is 17.9. The third kappa shape index (κ3) is 4.51. The van der Waals surface area contributed by atoms with Crippen molar-refractivity contribution in [1.82, 2.24) is 35.7 Å². The van der Waals surface area contributed by atoms with Crippen LogP contribution in [0.3, 0.4) is 0 Å². The molecule has 2 aliphatic rings. The number of hydrogen-bond donors (Lipinski definition) is 1. The Balaban J connectivity index is 1.14. The van der Waals surface area contributed by atoms with Crippen molar-refractivity contribution >= 4 is 11.6 Å². The molecule has 2 aromatic carbocycles. The fourth-order valence-corrected chi connectivity index (χ4v) is 5.26. The average Bonchev–Trinajstić information content (AvgIpc) is 3.53. The number of para-hydroxylation sites is 1. The van der Waals surface area contributed by atoms with E-state index in [2.05, 4.69) is 41.8 Å². The molecule has 0 spiro atoms. The van der Waals surface area contributed by atoms with Crippen molar-refractivity contribution in [2.45, 2.75) is 44.9 Å². The van der Waals surface area contributed by atoms with E-state index >= 15 is 0 Å². The molecule has 190 valence electrons. The number of fused-ring (bicyclic) bond motifs is 1. The van der Waals surface area contributed by atoms with Gasteiger partial charge in [0.1, 0.15) is 11.5 Å². The van der Waals surface area contributed by atoms with Crippen molar-refractivity contribution in [3.8, 4) is 23.0 Å². The highest BCUT2D eigenvalue weighted by atomic mass is 35.5. The van der Waals surface area contributed by atoms with E-state index in [4.69, 9.17) is 21.1 Å². The molecule has 1 N–H and O–H groups in total. The SMILES string of the molecule is Cc1cc(-c2nn[nH]n2)nnc1CN1CCC(c2cccc3c2O[C@@](C)(c2ccc(Cl)cc2F)O3)CC1. The number of benzene rings is 2. The number of aryl methyl sites for hydroxylation is 1. The van der Waals surface area contributed by atoms with Gasteiger partial charge in [-0.25, -0.2) is 4.39 Å². The molecule has 0 aliphatic carbocycles. The smallest absolute Gasteiger partial charge is 0.278 e. The molecule has 2 aromatic heterocycles. The highest BCUT2D eigenvalue weighted by Crippen LogP contribution is 2.49. The van der Waals surface area contributed by atoms with Crippen molar-refractivity contribution < 1.29 is 13.9 Å². The van der Waals surface area contributed by atoms with Gasteiger partial charge in [-0.05, 0) is 79.9 Å². The summed E-state index contributed by atoms with van der Waals surface area (Å²) < 4.78 is 27.1. The zero-order valence-electron chi connectivity index (χ0n) is 20.4. The molecule has 1 fully saturated rings. The van der Waals surface area contributed by atoms with Crippen LogP contribution >= 0.6 is 11.6 Å². The standard InChI is InChI=1S/C26H25ClFN7O2/c1-15-12-21(25-31-33-34-32-25)29-30-22(15)14-35-10-8-16(9-11-35)18-4-3-5-23-24(18)37-26(2,36-23)19-7-6-17(27)13-20(19)28/h3-7,12-13,16H,8-11,14H2,1-2H3,(H,31,32,33,34)/t26-/m0/s1. The number of hydrogen-bond acceptors (Lipinski definition) is 8. The quantitative estimate of drug-likeness (QED) is 0.400. The van der Waals surface area contributed by atoms with E-state index in [1.54, 1.807) is 19.1 Å². The summed E-state index contributed by atoms with van der Waals surface area (Å²) in [5, 5.41) is 23.0. The number of ether oxygens (including phenoxy) is 2. The number of piperidine rings is 1. The molecule has 9 nitrogen and oxygen atoms in total. The zero-order chi connectivity index (χ0) is 25.6. The molecule has 1 atom stereocenters. The molecule has 11 heteroatoms. The summed E-state index contributed by atoms with van der Waals surface area (Å²) in [5.74, 6) is 0.347. The third-order valence-corrected chi connectivity index (χ3v) is 7.33. The maximum Gasteiger partial charge on any atom is 0.278 e. The minimum atomic E-state index is -1.25. The summed E-state index contributed by atoms with van der Waals surface area (Å²) in [6.07, 6.45) is 1.92. The Morgan fingerprint density at radius 1 is 1.11 bits per heavy atom. The Morgan fingerprint density at radius 2 is 1.95 bits per heavy atom. The van der Waals surface area contributed by atoms with E-state index in [9.17, 15) is 4.39 Å². The monoisotopic (exact) mass is 521 g/mol. The zero-order valence-corrected chi connectivity index (χ0v) is 21.2. The van der Waals surface area contributed by atoms with Crippen molar-refractivity contribution in [3.05, 3.63) is 75.7 Å².